The van der Waals surface area contributed by atoms with E-state index in [-0.39, 0.29) is 149 Å². The molecule has 7 heterocycles. The zero-order chi connectivity index (χ0) is 95.4. The van der Waals surface area contributed by atoms with E-state index in [0.29, 0.717) is 6.04 Å². The zero-order valence-corrected chi connectivity index (χ0v) is 92.3. The fourth-order valence-corrected chi connectivity index (χ4v) is 11.4. The highest BCUT2D eigenvalue weighted by molar-refractivity contribution is 5.30. The number of hydrogen-bond donors (Lipinski definition) is 3. The van der Waals surface area contributed by atoms with Crippen molar-refractivity contribution in [3.63, 3.8) is 0 Å². The fourth-order valence-electron chi connectivity index (χ4n) is 11.4. The van der Waals surface area contributed by atoms with Gasteiger partial charge in [0.05, 0.1) is 0 Å². The lowest BCUT2D eigenvalue weighted by Gasteiger charge is -2.25. The van der Waals surface area contributed by atoms with Gasteiger partial charge >= 0.3 is 0 Å². The molecule has 0 radical (unpaired) electrons. The standard InChI is InChI=1S/C12H18.2C10H21N.C8H17N.2C8H15N.C6H11N.C4H5N.8C3H8.9C2H6.20CH4/c1-4-10-7-11(5-2)9-12(6-3)8-10;2*1-6-11-9(4)7(2)8(3)10(11)5;1-5-6(2)8(4)9-7(5)3;2*1-4-9-6-5-7(2)8(9)3;1-5-3-4-7-6(5)2;1-2-4-5-3-1;8*1-3-2;9*1-2;;;;;;;;;;;;;;;;;;;;/h7-9H,4-6H2,1-3H3;2*7-10H,6H2,1-5H3;5-9H,1-4H3;2*5-8H,4H2,1-3H3;3-7H,1-2H3;1-5H;8*3H2,1-2H3;9*1-2H3;20*1H4/t;2*7-,8+,9-,10+;5-,6+,7-,8+;2*7-,8-;5-,6-;;;;;;;;;;;;;;;;;;;;;;;;;;;;;;;;;;;;;;/m....000....................................../s1. The molecular formula is C128H321N7. The first-order chi connectivity index (χ1) is 54.7. The summed E-state index contributed by atoms with van der Waals surface area (Å²) < 4.78 is 0. The number of rotatable bonds is 7. The molecule has 0 saturated carbocycles. The van der Waals surface area contributed by atoms with Gasteiger partial charge < -0.3 is 25.4 Å². The molecule has 3 fully saturated rings. The van der Waals surface area contributed by atoms with Gasteiger partial charge in [-0.05, 0) is 209 Å². The summed E-state index contributed by atoms with van der Waals surface area (Å²) in [5.74, 6) is 7.36. The molecule has 0 bridgehead atoms. The average Bonchev–Trinajstić information content (AvgIpc) is 1.68. The molecule has 0 amide bonds. The number of benzene rings is 1. The first-order valence-corrected chi connectivity index (χ1v) is 50.5. The summed E-state index contributed by atoms with van der Waals surface area (Å²) in [5.41, 5.74) is 4.43. The molecule has 7 nitrogen and oxygen atoms in total. The summed E-state index contributed by atoms with van der Waals surface area (Å²) >= 11 is 0. The molecule has 868 valence electrons. The summed E-state index contributed by atoms with van der Waals surface area (Å²) in [6, 6.07) is 17.5. The van der Waals surface area contributed by atoms with Crippen molar-refractivity contribution in [3.8, 4) is 0 Å². The minimum Gasteiger partial charge on any atom is -0.388 e. The van der Waals surface area contributed by atoms with Gasteiger partial charge in [-0.15, -0.1) is 0 Å². The van der Waals surface area contributed by atoms with E-state index in [4.69, 9.17) is 0 Å². The number of aromatic amines is 1. The van der Waals surface area contributed by atoms with E-state index >= 15 is 0 Å². The Labute approximate surface area is 887 Å². The molecule has 2 aromatic rings. The van der Waals surface area contributed by atoms with Crippen LogP contribution in [0.5, 0.6) is 0 Å². The lowest BCUT2D eigenvalue weighted by molar-refractivity contribution is 0.209. The molecule has 0 unspecified atom stereocenters. The average molecular weight is 1960 g/mol. The monoisotopic (exact) mass is 1960 g/mol. The molecular weight excluding hydrogens is 1640 g/mol. The van der Waals surface area contributed by atoms with Crippen LogP contribution in [0.3, 0.4) is 0 Å². The van der Waals surface area contributed by atoms with Crippen LogP contribution in [0.25, 0.3) is 0 Å². The number of nitrogens with zero attached hydrogens (tertiary/aromatic N) is 4. The predicted octanol–water partition coefficient (Wildman–Crippen LogP) is 48.9. The molecule has 7 heteroatoms. The molecule has 135 heavy (non-hydrogen) atoms. The minimum atomic E-state index is 0. The Morgan fingerprint density at radius 3 is 0.467 bits per heavy atom. The van der Waals surface area contributed by atoms with Crippen molar-refractivity contribution in [2.45, 2.75) is 682 Å². The molecule has 6 aliphatic rings. The van der Waals surface area contributed by atoms with Gasteiger partial charge in [0.15, 0.2) is 0 Å². The molecule has 8 rings (SSSR count). The maximum atomic E-state index is 3.52. The molecule has 1 aromatic heterocycles. The Balaban J connectivity index is -0.0000000216. The summed E-state index contributed by atoms with van der Waals surface area (Å²) in [4.78, 5) is 12.8. The predicted molar refractivity (Wildman–Crippen MR) is 691 cm³/mol. The van der Waals surface area contributed by atoms with Crippen molar-refractivity contribution >= 4 is 0 Å². The lowest BCUT2D eigenvalue weighted by atomic mass is 9.92. The van der Waals surface area contributed by atoms with Crippen LogP contribution in [0.15, 0.2) is 79.6 Å². The molecule has 3 N–H and O–H groups in total. The Morgan fingerprint density at radius 1 is 0.222 bits per heavy atom. The van der Waals surface area contributed by atoms with Gasteiger partial charge in [0.25, 0.3) is 0 Å². The van der Waals surface area contributed by atoms with Crippen LogP contribution in [0, 0.1) is 53.3 Å². The lowest BCUT2D eigenvalue weighted by Crippen LogP contribution is -2.34. The zero-order valence-electron chi connectivity index (χ0n) is 92.3. The Morgan fingerprint density at radius 2 is 0.400 bits per heavy atom. The number of aryl methyl sites for hydroxylation is 3. The highest BCUT2D eigenvalue weighted by atomic mass is 15.2. The first-order valence-electron chi connectivity index (χ1n) is 50.5. The quantitative estimate of drug-likeness (QED) is 0.257. The normalized spacial score (nSPS) is 20.3. The highest BCUT2D eigenvalue weighted by Crippen LogP contribution is 2.35. The Hall–Kier alpha value is -3.00. The Kier molecular flexibility index (Phi) is 388. The van der Waals surface area contributed by atoms with Crippen molar-refractivity contribution in [2.75, 3.05) is 26.2 Å². The van der Waals surface area contributed by atoms with Crippen LogP contribution in [0.1, 0.15) is 625 Å². The Bertz CT molecular complexity index is 1710. The van der Waals surface area contributed by atoms with Gasteiger partial charge in [0.1, 0.15) is 0 Å². The maximum absolute atomic E-state index is 3.52. The van der Waals surface area contributed by atoms with Gasteiger partial charge in [-0.1, -0.05) is 569 Å². The second-order valence-electron chi connectivity index (χ2n) is 29.0. The van der Waals surface area contributed by atoms with E-state index in [9.17, 15) is 0 Å². The maximum Gasteiger partial charge on any atom is 0.0316 e. The number of likely N-dealkylation sites (tertiary alicyclic amines) is 2. The second-order valence-corrected chi connectivity index (χ2v) is 29.0. The van der Waals surface area contributed by atoms with E-state index < -0.39 is 0 Å². The third-order valence-corrected chi connectivity index (χ3v) is 19.3. The van der Waals surface area contributed by atoms with Gasteiger partial charge in [-0.2, -0.15) is 0 Å². The molecule has 1 aromatic carbocycles. The molecule has 0 aliphatic carbocycles. The largest absolute Gasteiger partial charge is 0.388 e. The van der Waals surface area contributed by atoms with Gasteiger partial charge in [-0.3, -0.25) is 9.80 Å². The fraction of sp³-hybridized carbons (Fsp3) is 0.875. The number of hydrogen-bond acceptors (Lipinski definition) is 6. The first kappa shape index (κ1) is 251. The SMILES string of the molecule is C.C.C.C.C.C.C.C.C.C.C.C.C.C.C.C.C.C.C.C.CC.CC.CC.CC.CC.CC.CC.CC.CC.CCC.CCC.CCC.CCC.CCC.CCC.CCC.CCC.CCN1C=C[C@H](C)[C@@H]1C.CCN1C=C[C@H](C)[C@@H]1C.CCN1[C@H](C)[C@H](C)[C@H](C)[C@@H]1C.CCN1[C@H](C)[C@H](C)[C@H](C)[C@@H]1C.CCc1cc(CC)cc(CC)c1.C[C@@H]1NC=C[C@@H]1C.C[C@@H]1[C@H](C)[C@H](C)N[C@@H]1C.c1cc[nH]c1. The van der Waals surface area contributed by atoms with E-state index in [0.717, 1.165) is 134 Å². The molecule has 0 spiro atoms. The smallest absolute Gasteiger partial charge is 0.0316 e. The van der Waals surface area contributed by atoms with Crippen molar-refractivity contribution in [1.82, 2.24) is 35.2 Å². The van der Waals surface area contributed by atoms with Crippen molar-refractivity contribution < 1.29 is 0 Å². The van der Waals surface area contributed by atoms with Gasteiger partial charge in [-0.25, -0.2) is 0 Å². The van der Waals surface area contributed by atoms with Crippen LogP contribution in [0.4, 0.5) is 0 Å². The third-order valence-electron chi connectivity index (χ3n) is 19.3. The third kappa shape index (κ3) is 151. The van der Waals surface area contributed by atoms with E-state index in [1.165, 1.54) is 81.1 Å². The molecule has 18 atom stereocenters. The summed E-state index contributed by atoms with van der Waals surface area (Å²) in [6.45, 7) is 132. The van der Waals surface area contributed by atoms with Crippen LogP contribution in [0.2, 0.25) is 0 Å². The number of H-pyrrole nitrogens is 1. The van der Waals surface area contributed by atoms with Crippen LogP contribution < -0.4 is 10.6 Å². The number of nitrogens with one attached hydrogen (secondary N) is 3. The minimum absolute atomic E-state index is 0. The van der Waals surface area contributed by atoms with Crippen molar-refractivity contribution in [2.24, 2.45) is 53.3 Å². The van der Waals surface area contributed by atoms with E-state index in [2.05, 4.69) is 368 Å². The van der Waals surface area contributed by atoms with Crippen LogP contribution in [-0.2, 0) is 19.3 Å². The van der Waals surface area contributed by atoms with E-state index in [1.807, 2.05) is 155 Å². The molecule has 6 aliphatic heterocycles. The van der Waals surface area contributed by atoms with Gasteiger partial charge in [0, 0.05) is 79.9 Å². The molecule has 3 saturated heterocycles. The topological polar surface area (TPSA) is 52.8 Å². The summed E-state index contributed by atoms with van der Waals surface area (Å²) in [7, 11) is 0. The number of aromatic nitrogens is 1. The highest BCUT2D eigenvalue weighted by Gasteiger charge is 2.39. The van der Waals surface area contributed by atoms with Crippen LogP contribution >= 0.6 is 0 Å². The summed E-state index contributed by atoms with van der Waals surface area (Å²) in [5, 5.41) is 6.70. The van der Waals surface area contributed by atoms with Crippen molar-refractivity contribution in [3.05, 3.63) is 96.2 Å². The van der Waals surface area contributed by atoms with E-state index in [1.54, 1.807) is 0 Å². The van der Waals surface area contributed by atoms with Crippen molar-refractivity contribution in [1.29, 1.82) is 0 Å². The summed E-state index contributed by atoms with van der Waals surface area (Å²) in [6.07, 6.45) is 30.4. The van der Waals surface area contributed by atoms with Crippen LogP contribution in [-0.4, -0.2) is 105 Å². The second kappa shape index (κ2) is 209. The van der Waals surface area contributed by atoms with Gasteiger partial charge in [0.2, 0.25) is 0 Å².